The van der Waals surface area contributed by atoms with Gasteiger partial charge in [0.05, 0.1) is 5.92 Å². The lowest BCUT2D eigenvalue weighted by Gasteiger charge is -2.31. The highest BCUT2D eigenvalue weighted by atomic mass is 16.5. The molecule has 4 aromatic rings. The predicted octanol–water partition coefficient (Wildman–Crippen LogP) is 7.68. The normalized spacial score (nSPS) is 27.9. The number of carbonyl (C=O) groups excluding carboxylic acids is 1. The van der Waals surface area contributed by atoms with Crippen LogP contribution in [0.25, 0.3) is 32.3 Å². The Balaban J connectivity index is 1.28. The van der Waals surface area contributed by atoms with Crippen LogP contribution < -0.4 is 0 Å². The average molecular weight is 423 g/mol. The standard InChI is InChI=1S/C30H30O2/c1-17-18(2)28-15-23(17)16-29(28)30(31)32-19(3)21-9-11-25-22(14-21)10-13-26-24-7-5-4-6-20(24)8-12-27(25)26/h4-14,17-19,23,28-29H,15-16H2,1-3H3. The van der Waals surface area contributed by atoms with E-state index in [2.05, 4.69) is 80.6 Å². The van der Waals surface area contributed by atoms with Crippen molar-refractivity contribution in [3.05, 3.63) is 72.3 Å². The molecule has 0 spiro atoms. The molecule has 162 valence electrons. The molecule has 0 aliphatic heterocycles. The van der Waals surface area contributed by atoms with Gasteiger partial charge in [0.25, 0.3) is 0 Å². The zero-order valence-electron chi connectivity index (χ0n) is 19.0. The average Bonchev–Trinajstić information content (AvgIpc) is 3.38. The van der Waals surface area contributed by atoms with E-state index in [1.165, 1.54) is 38.7 Å². The number of benzene rings is 4. The molecule has 32 heavy (non-hydrogen) atoms. The molecule has 2 nitrogen and oxygen atoms in total. The Kier molecular flexibility index (Phi) is 4.54. The second-order valence-electron chi connectivity index (χ2n) is 10.2. The van der Waals surface area contributed by atoms with E-state index in [9.17, 15) is 4.79 Å². The van der Waals surface area contributed by atoms with Gasteiger partial charge >= 0.3 is 5.97 Å². The predicted molar refractivity (Wildman–Crippen MR) is 131 cm³/mol. The molecule has 2 aliphatic carbocycles. The monoisotopic (exact) mass is 422 g/mol. The van der Waals surface area contributed by atoms with Crippen LogP contribution in [-0.2, 0) is 9.53 Å². The quantitative estimate of drug-likeness (QED) is 0.250. The first-order valence-corrected chi connectivity index (χ1v) is 12.1. The van der Waals surface area contributed by atoms with E-state index < -0.39 is 0 Å². The first-order valence-electron chi connectivity index (χ1n) is 12.1. The molecule has 6 atom stereocenters. The van der Waals surface area contributed by atoms with E-state index in [-0.39, 0.29) is 18.0 Å². The molecule has 4 aromatic carbocycles. The lowest BCUT2D eigenvalue weighted by atomic mass is 9.76. The Labute approximate surface area is 189 Å². The molecule has 0 radical (unpaired) electrons. The molecular formula is C30H30O2. The van der Waals surface area contributed by atoms with E-state index >= 15 is 0 Å². The fourth-order valence-electron chi connectivity index (χ4n) is 6.64. The highest BCUT2D eigenvalue weighted by molar-refractivity contribution is 6.17. The smallest absolute Gasteiger partial charge is 0.309 e. The molecule has 2 aliphatic rings. The summed E-state index contributed by atoms with van der Waals surface area (Å²) in [6.45, 7) is 6.67. The van der Waals surface area contributed by atoms with Crippen LogP contribution in [0, 0.1) is 29.6 Å². The van der Waals surface area contributed by atoms with Crippen LogP contribution in [0.2, 0.25) is 0 Å². The summed E-state index contributed by atoms with van der Waals surface area (Å²) in [6, 6.07) is 23.9. The van der Waals surface area contributed by atoms with E-state index in [0.717, 1.165) is 17.9 Å². The maximum atomic E-state index is 13.0. The number of carbonyl (C=O) groups is 1. The van der Waals surface area contributed by atoms with Gasteiger partial charge in [0.2, 0.25) is 0 Å². The SMILES string of the molecule is CC(OC(=O)C1CC2CC1C(C)C2C)c1ccc2c(ccc3c4ccccc4ccc23)c1. The van der Waals surface area contributed by atoms with Crippen molar-refractivity contribution in [2.45, 2.75) is 39.7 Å². The van der Waals surface area contributed by atoms with Crippen LogP contribution >= 0.6 is 0 Å². The maximum absolute atomic E-state index is 13.0. The molecule has 6 rings (SSSR count). The third kappa shape index (κ3) is 2.96. The van der Waals surface area contributed by atoms with Crippen molar-refractivity contribution in [3.8, 4) is 0 Å². The summed E-state index contributed by atoms with van der Waals surface area (Å²) in [5, 5.41) is 7.53. The van der Waals surface area contributed by atoms with Gasteiger partial charge in [0.1, 0.15) is 6.10 Å². The zero-order chi connectivity index (χ0) is 22.0. The van der Waals surface area contributed by atoms with Crippen molar-refractivity contribution in [3.63, 3.8) is 0 Å². The maximum Gasteiger partial charge on any atom is 0.309 e. The molecule has 0 amide bonds. The lowest BCUT2D eigenvalue weighted by Crippen LogP contribution is -2.31. The van der Waals surface area contributed by atoms with Crippen molar-refractivity contribution in [1.82, 2.24) is 0 Å². The van der Waals surface area contributed by atoms with Crippen LogP contribution in [0.1, 0.15) is 45.3 Å². The van der Waals surface area contributed by atoms with Crippen LogP contribution in [0.5, 0.6) is 0 Å². The number of ether oxygens (including phenoxy) is 1. The molecule has 0 saturated heterocycles. The molecule has 6 unspecified atom stereocenters. The number of hydrogen-bond acceptors (Lipinski definition) is 2. The number of rotatable bonds is 3. The number of fused-ring (bicyclic) bond motifs is 7. The van der Waals surface area contributed by atoms with Gasteiger partial charge in [-0.25, -0.2) is 0 Å². The van der Waals surface area contributed by atoms with E-state index in [0.29, 0.717) is 17.8 Å². The Bertz CT molecular complexity index is 1350. The molecule has 0 heterocycles. The van der Waals surface area contributed by atoms with Crippen molar-refractivity contribution in [2.75, 3.05) is 0 Å². The van der Waals surface area contributed by atoms with Crippen LogP contribution in [-0.4, -0.2) is 5.97 Å². The highest BCUT2D eigenvalue weighted by Gasteiger charge is 2.51. The second kappa shape index (κ2) is 7.33. The van der Waals surface area contributed by atoms with Crippen molar-refractivity contribution in [1.29, 1.82) is 0 Å². The van der Waals surface area contributed by atoms with Gasteiger partial charge in [-0.3, -0.25) is 4.79 Å². The molecule has 0 aromatic heterocycles. The fraction of sp³-hybridized carbons (Fsp3) is 0.367. The molecule has 0 N–H and O–H groups in total. The third-order valence-electron chi connectivity index (χ3n) is 8.73. The van der Waals surface area contributed by atoms with Crippen LogP contribution in [0.4, 0.5) is 0 Å². The summed E-state index contributed by atoms with van der Waals surface area (Å²) in [5.74, 6) is 2.68. The summed E-state index contributed by atoms with van der Waals surface area (Å²) in [5.41, 5.74) is 1.07. The first-order chi connectivity index (χ1) is 15.5. The Morgan fingerprint density at radius 2 is 1.50 bits per heavy atom. The van der Waals surface area contributed by atoms with Gasteiger partial charge in [-0.1, -0.05) is 74.5 Å². The van der Waals surface area contributed by atoms with Crippen LogP contribution in [0.15, 0.2) is 66.7 Å². The largest absolute Gasteiger partial charge is 0.458 e. The summed E-state index contributed by atoms with van der Waals surface area (Å²) in [6.07, 6.45) is 1.99. The zero-order valence-corrected chi connectivity index (χ0v) is 19.0. The minimum absolute atomic E-state index is 0.00817. The number of esters is 1. The van der Waals surface area contributed by atoms with E-state index in [1.54, 1.807) is 0 Å². The van der Waals surface area contributed by atoms with E-state index in [4.69, 9.17) is 4.74 Å². The molecule has 2 heteroatoms. The number of hydrogen-bond donors (Lipinski definition) is 0. The molecule has 2 saturated carbocycles. The Hall–Kier alpha value is -2.87. The van der Waals surface area contributed by atoms with Crippen molar-refractivity contribution >= 4 is 38.3 Å². The van der Waals surface area contributed by atoms with Gasteiger partial charge in [0.15, 0.2) is 0 Å². The van der Waals surface area contributed by atoms with Crippen molar-refractivity contribution in [2.24, 2.45) is 29.6 Å². The topological polar surface area (TPSA) is 26.3 Å². The lowest BCUT2D eigenvalue weighted by molar-refractivity contribution is -0.156. The summed E-state index contributed by atoms with van der Waals surface area (Å²) in [4.78, 5) is 13.0. The third-order valence-corrected chi connectivity index (χ3v) is 8.73. The van der Waals surface area contributed by atoms with Gasteiger partial charge in [-0.05, 0) is 87.4 Å². The van der Waals surface area contributed by atoms with E-state index in [1.807, 2.05) is 6.92 Å². The Morgan fingerprint density at radius 3 is 2.25 bits per heavy atom. The highest BCUT2D eigenvalue weighted by Crippen LogP contribution is 2.55. The Morgan fingerprint density at radius 1 is 0.812 bits per heavy atom. The summed E-state index contributed by atoms with van der Waals surface area (Å²) in [7, 11) is 0. The van der Waals surface area contributed by atoms with Gasteiger partial charge in [-0.15, -0.1) is 0 Å². The molecule has 2 fully saturated rings. The second-order valence-corrected chi connectivity index (χ2v) is 10.2. The van der Waals surface area contributed by atoms with Gasteiger partial charge in [0, 0.05) is 0 Å². The van der Waals surface area contributed by atoms with Crippen molar-refractivity contribution < 1.29 is 9.53 Å². The first kappa shape index (κ1) is 19.8. The minimum Gasteiger partial charge on any atom is -0.458 e. The minimum atomic E-state index is -0.231. The van der Waals surface area contributed by atoms with Crippen LogP contribution in [0.3, 0.4) is 0 Å². The molecule has 2 bridgehead atoms. The fourth-order valence-corrected chi connectivity index (χ4v) is 6.64. The molecular weight excluding hydrogens is 392 g/mol. The summed E-state index contributed by atoms with van der Waals surface area (Å²) >= 11 is 0. The summed E-state index contributed by atoms with van der Waals surface area (Å²) < 4.78 is 6.01. The van der Waals surface area contributed by atoms with Gasteiger partial charge in [-0.2, -0.15) is 0 Å². The van der Waals surface area contributed by atoms with Gasteiger partial charge < -0.3 is 4.74 Å².